The van der Waals surface area contributed by atoms with Crippen molar-refractivity contribution in [1.82, 2.24) is 15.1 Å². The first-order chi connectivity index (χ1) is 10.1. The van der Waals surface area contributed by atoms with Crippen LogP contribution in [-0.2, 0) is 24.9 Å². The number of para-hydroxylation sites is 1. The lowest BCUT2D eigenvalue weighted by Gasteiger charge is -2.10. The van der Waals surface area contributed by atoms with Gasteiger partial charge in [0.1, 0.15) is 5.75 Å². The fourth-order valence-corrected chi connectivity index (χ4v) is 1.92. The minimum atomic E-state index is -0.176. The van der Waals surface area contributed by atoms with E-state index in [2.05, 4.69) is 10.4 Å². The summed E-state index contributed by atoms with van der Waals surface area (Å²) in [5, 5.41) is 6.94. The number of aryl methyl sites for hydroxylation is 1. The number of nitrogens with two attached hydrogens (primary N) is 1. The van der Waals surface area contributed by atoms with E-state index in [4.69, 9.17) is 10.5 Å². The number of hydrogen-bond acceptors (Lipinski definition) is 4. The van der Waals surface area contributed by atoms with Gasteiger partial charge in [0.05, 0.1) is 6.20 Å². The summed E-state index contributed by atoms with van der Waals surface area (Å²) in [6.07, 6.45) is 1.75. The maximum Gasteiger partial charge on any atom is 0.258 e. The molecule has 1 aromatic heterocycles. The molecule has 0 aliphatic rings. The number of amides is 1. The van der Waals surface area contributed by atoms with Crippen LogP contribution in [0.1, 0.15) is 16.8 Å². The summed E-state index contributed by atoms with van der Waals surface area (Å²) < 4.78 is 7.27. The van der Waals surface area contributed by atoms with Crippen molar-refractivity contribution in [2.75, 3.05) is 6.61 Å². The molecule has 2 rings (SSSR count). The second-order valence-electron chi connectivity index (χ2n) is 4.76. The standard InChI is InChI=1S/C15H20N4O2/c1-11-13(9-18-19(11)2)8-17-15(20)10-21-14-6-4-3-5-12(14)7-16/h3-6,9H,7-8,10,16H2,1-2H3,(H,17,20). The van der Waals surface area contributed by atoms with Crippen LogP contribution in [0.2, 0.25) is 0 Å². The van der Waals surface area contributed by atoms with Gasteiger partial charge in [0.15, 0.2) is 6.61 Å². The second kappa shape index (κ2) is 6.90. The number of hydrogen-bond donors (Lipinski definition) is 2. The topological polar surface area (TPSA) is 82.2 Å². The molecule has 0 unspecified atom stereocenters. The van der Waals surface area contributed by atoms with Gasteiger partial charge in [-0.05, 0) is 13.0 Å². The number of nitrogens with zero attached hydrogens (tertiary/aromatic N) is 2. The lowest BCUT2D eigenvalue weighted by atomic mass is 10.2. The van der Waals surface area contributed by atoms with E-state index < -0.39 is 0 Å². The number of aromatic nitrogens is 2. The predicted octanol–water partition coefficient (Wildman–Crippen LogP) is 0.882. The van der Waals surface area contributed by atoms with Gasteiger partial charge in [0, 0.05) is 37.0 Å². The largest absolute Gasteiger partial charge is 0.483 e. The van der Waals surface area contributed by atoms with E-state index in [1.165, 1.54) is 0 Å². The molecule has 0 bridgehead atoms. The number of rotatable bonds is 6. The van der Waals surface area contributed by atoms with Crippen LogP contribution in [0.4, 0.5) is 0 Å². The quantitative estimate of drug-likeness (QED) is 0.827. The molecule has 6 heteroatoms. The third kappa shape index (κ3) is 3.82. The van der Waals surface area contributed by atoms with E-state index in [-0.39, 0.29) is 12.5 Å². The van der Waals surface area contributed by atoms with Gasteiger partial charge in [-0.15, -0.1) is 0 Å². The number of carbonyl (C=O) groups is 1. The second-order valence-corrected chi connectivity index (χ2v) is 4.76. The van der Waals surface area contributed by atoms with Crippen molar-refractivity contribution in [3.05, 3.63) is 47.3 Å². The Kier molecular flexibility index (Phi) is 4.94. The maximum atomic E-state index is 11.8. The minimum Gasteiger partial charge on any atom is -0.483 e. The van der Waals surface area contributed by atoms with Crippen LogP contribution >= 0.6 is 0 Å². The molecule has 21 heavy (non-hydrogen) atoms. The van der Waals surface area contributed by atoms with Gasteiger partial charge in [-0.2, -0.15) is 5.10 Å². The van der Waals surface area contributed by atoms with Crippen LogP contribution in [-0.4, -0.2) is 22.3 Å². The first-order valence-corrected chi connectivity index (χ1v) is 6.76. The van der Waals surface area contributed by atoms with E-state index >= 15 is 0 Å². The molecule has 0 saturated carbocycles. The van der Waals surface area contributed by atoms with Crippen LogP contribution in [0.3, 0.4) is 0 Å². The Bertz CT molecular complexity index is 622. The van der Waals surface area contributed by atoms with E-state index in [1.807, 2.05) is 32.2 Å². The lowest BCUT2D eigenvalue weighted by molar-refractivity contribution is -0.123. The number of benzene rings is 1. The van der Waals surface area contributed by atoms with Crippen molar-refractivity contribution >= 4 is 5.91 Å². The average Bonchev–Trinajstić information content (AvgIpc) is 2.82. The normalized spacial score (nSPS) is 10.4. The molecule has 6 nitrogen and oxygen atoms in total. The molecule has 1 amide bonds. The average molecular weight is 288 g/mol. The highest BCUT2D eigenvalue weighted by Crippen LogP contribution is 2.16. The van der Waals surface area contributed by atoms with E-state index in [0.717, 1.165) is 16.8 Å². The number of carbonyl (C=O) groups excluding carboxylic acids is 1. The summed E-state index contributed by atoms with van der Waals surface area (Å²) in [6.45, 7) is 2.76. The molecule has 3 N–H and O–H groups in total. The third-order valence-corrected chi connectivity index (χ3v) is 3.36. The molecule has 1 aromatic carbocycles. The van der Waals surface area contributed by atoms with Gasteiger partial charge in [-0.25, -0.2) is 0 Å². The summed E-state index contributed by atoms with van der Waals surface area (Å²) in [5.74, 6) is 0.470. The van der Waals surface area contributed by atoms with Crippen LogP contribution in [0.15, 0.2) is 30.5 Å². The van der Waals surface area contributed by atoms with Gasteiger partial charge in [-0.3, -0.25) is 9.48 Å². The molecule has 0 aliphatic heterocycles. The predicted molar refractivity (Wildman–Crippen MR) is 79.6 cm³/mol. The zero-order chi connectivity index (χ0) is 15.2. The van der Waals surface area contributed by atoms with Gasteiger partial charge < -0.3 is 15.8 Å². The Morgan fingerprint density at radius 1 is 1.38 bits per heavy atom. The zero-order valence-corrected chi connectivity index (χ0v) is 12.3. The highest BCUT2D eigenvalue weighted by molar-refractivity contribution is 5.77. The van der Waals surface area contributed by atoms with E-state index in [9.17, 15) is 4.79 Å². The van der Waals surface area contributed by atoms with Crippen molar-refractivity contribution in [1.29, 1.82) is 0 Å². The van der Waals surface area contributed by atoms with Crippen LogP contribution in [0.5, 0.6) is 5.75 Å². The summed E-state index contributed by atoms with van der Waals surface area (Å²) >= 11 is 0. The molecular weight excluding hydrogens is 268 g/mol. The Morgan fingerprint density at radius 3 is 2.81 bits per heavy atom. The van der Waals surface area contributed by atoms with Gasteiger partial charge in [0.25, 0.3) is 5.91 Å². The lowest BCUT2D eigenvalue weighted by Crippen LogP contribution is -2.28. The summed E-state index contributed by atoms with van der Waals surface area (Å²) in [4.78, 5) is 11.8. The highest BCUT2D eigenvalue weighted by atomic mass is 16.5. The molecule has 0 radical (unpaired) electrons. The first-order valence-electron chi connectivity index (χ1n) is 6.76. The summed E-state index contributed by atoms with van der Waals surface area (Å²) in [7, 11) is 1.87. The van der Waals surface area contributed by atoms with Crippen molar-refractivity contribution in [3.63, 3.8) is 0 Å². The molecule has 1 heterocycles. The van der Waals surface area contributed by atoms with E-state index in [0.29, 0.717) is 18.8 Å². The van der Waals surface area contributed by atoms with Crippen LogP contribution < -0.4 is 15.8 Å². The molecule has 112 valence electrons. The molecule has 0 fully saturated rings. The summed E-state index contributed by atoms with van der Waals surface area (Å²) in [6, 6.07) is 7.43. The third-order valence-electron chi connectivity index (χ3n) is 3.36. The zero-order valence-electron chi connectivity index (χ0n) is 12.3. The van der Waals surface area contributed by atoms with Gasteiger partial charge in [0.2, 0.25) is 0 Å². The van der Waals surface area contributed by atoms with Crippen molar-refractivity contribution in [2.24, 2.45) is 12.8 Å². The van der Waals surface area contributed by atoms with Crippen molar-refractivity contribution in [2.45, 2.75) is 20.0 Å². The highest BCUT2D eigenvalue weighted by Gasteiger charge is 2.08. The minimum absolute atomic E-state index is 0.0314. The SMILES string of the molecule is Cc1c(CNC(=O)COc2ccccc2CN)cnn1C. The number of nitrogens with one attached hydrogen (secondary N) is 1. The number of ether oxygens (including phenoxy) is 1. The Balaban J connectivity index is 1.84. The smallest absolute Gasteiger partial charge is 0.258 e. The fraction of sp³-hybridized carbons (Fsp3) is 0.333. The Hall–Kier alpha value is -2.34. The van der Waals surface area contributed by atoms with E-state index in [1.54, 1.807) is 16.9 Å². The van der Waals surface area contributed by atoms with Gasteiger partial charge in [-0.1, -0.05) is 18.2 Å². The fourth-order valence-electron chi connectivity index (χ4n) is 1.92. The molecular formula is C15H20N4O2. The van der Waals surface area contributed by atoms with Crippen LogP contribution in [0.25, 0.3) is 0 Å². The first kappa shape index (κ1) is 15.1. The van der Waals surface area contributed by atoms with Crippen LogP contribution in [0, 0.1) is 6.92 Å². The molecule has 0 spiro atoms. The molecule has 0 atom stereocenters. The maximum absolute atomic E-state index is 11.8. The molecule has 0 aliphatic carbocycles. The molecule has 2 aromatic rings. The molecule has 0 saturated heterocycles. The monoisotopic (exact) mass is 288 g/mol. The summed E-state index contributed by atoms with van der Waals surface area (Å²) in [5.41, 5.74) is 8.53. The Labute approximate surface area is 123 Å². The van der Waals surface area contributed by atoms with Crippen molar-refractivity contribution in [3.8, 4) is 5.75 Å². The Morgan fingerprint density at radius 2 is 2.14 bits per heavy atom. The van der Waals surface area contributed by atoms with Crippen molar-refractivity contribution < 1.29 is 9.53 Å². The van der Waals surface area contributed by atoms with Gasteiger partial charge >= 0.3 is 0 Å².